The number of ether oxygens (including phenoxy) is 2. The Morgan fingerprint density at radius 2 is 2.03 bits per heavy atom. The van der Waals surface area contributed by atoms with Gasteiger partial charge in [-0.1, -0.05) is 18.2 Å². The van der Waals surface area contributed by atoms with Crippen LogP contribution in [0.25, 0.3) is 0 Å². The Morgan fingerprint density at radius 3 is 2.66 bits per heavy atom. The van der Waals surface area contributed by atoms with Crippen LogP contribution < -0.4 is 4.74 Å². The van der Waals surface area contributed by atoms with Crippen LogP contribution in [0.4, 0.5) is 0 Å². The highest BCUT2D eigenvalue weighted by Crippen LogP contribution is 2.44. The van der Waals surface area contributed by atoms with Crippen molar-refractivity contribution in [2.24, 2.45) is 0 Å². The molecule has 1 saturated heterocycles. The lowest BCUT2D eigenvalue weighted by Gasteiger charge is -2.31. The van der Waals surface area contributed by atoms with E-state index >= 15 is 0 Å². The number of carbonyl (C=O) groups is 3. The second kappa shape index (κ2) is 9.79. The summed E-state index contributed by atoms with van der Waals surface area (Å²) in [6.07, 6.45) is -0.243. The summed E-state index contributed by atoms with van der Waals surface area (Å²) in [5.74, 6) is -0.493. The van der Waals surface area contributed by atoms with Gasteiger partial charge >= 0.3 is 0 Å². The Labute approximate surface area is 192 Å². The fourth-order valence-corrected chi connectivity index (χ4v) is 4.92. The monoisotopic (exact) mass is 459 g/mol. The predicted octanol–water partition coefficient (Wildman–Crippen LogP) is 2.71. The lowest BCUT2D eigenvalue weighted by Crippen LogP contribution is -2.44. The van der Waals surface area contributed by atoms with Gasteiger partial charge in [-0.3, -0.25) is 19.3 Å². The van der Waals surface area contributed by atoms with Crippen LogP contribution >= 0.6 is 11.3 Å². The van der Waals surface area contributed by atoms with E-state index in [0.717, 1.165) is 10.7 Å². The van der Waals surface area contributed by atoms with E-state index in [9.17, 15) is 14.4 Å². The molecule has 0 bridgehead atoms. The van der Waals surface area contributed by atoms with Gasteiger partial charge in [-0.05, 0) is 19.9 Å². The molecule has 32 heavy (non-hydrogen) atoms. The highest BCUT2D eigenvalue weighted by atomic mass is 32.1. The SMILES string of the molecule is COCCN1C(=O)C[C@](CC(=O)N(C)[C@@H](C)c2nc(C)cs2)(c2ccccc2OC)C1=O. The van der Waals surface area contributed by atoms with Crippen molar-refractivity contribution < 1.29 is 23.9 Å². The second-order valence-electron chi connectivity index (χ2n) is 7.99. The normalized spacial score (nSPS) is 19.3. The molecule has 3 amide bonds. The number of aryl methyl sites for hydroxylation is 1. The molecule has 0 aliphatic carbocycles. The zero-order chi connectivity index (χ0) is 23.5. The summed E-state index contributed by atoms with van der Waals surface area (Å²) in [5, 5.41) is 2.76. The van der Waals surface area contributed by atoms with Crippen LogP contribution in [0.5, 0.6) is 5.75 Å². The molecule has 1 fully saturated rings. The van der Waals surface area contributed by atoms with Crippen molar-refractivity contribution in [2.45, 2.75) is 38.1 Å². The zero-order valence-corrected chi connectivity index (χ0v) is 19.9. The van der Waals surface area contributed by atoms with Crippen molar-refractivity contribution in [3.05, 3.63) is 45.9 Å². The molecular weight excluding hydrogens is 430 g/mol. The van der Waals surface area contributed by atoms with Crippen LogP contribution in [0.15, 0.2) is 29.6 Å². The Hall–Kier alpha value is -2.78. The van der Waals surface area contributed by atoms with Crippen LogP contribution in [0.1, 0.15) is 42.1 Å². The molecular formula is C23H29N3O5S. The van der Waals surface area contributed by atoms with Gasteiger partial charge in [-0.15, -0.1) is 11.3 Å². The Kier molecular flexibility index (Phi) is 7.30. The van der Waals surface area contributed by atoms with Crippen molar-refractivity contribution in [3.63, 3.8) is 0 Å². The third-order valence-electron chi connectivity index (χ3n) is 5.97. The van der Waals surface area contributed by atoms with Crippen LogP contribution in [-0.4, -0.2) is 66.9 Å². The van der Waals surface area contributed by atoms with Gasteiger partial charge in [0.1, 0.15) is 10.8 Å². The lowest BCUT2D eigenvalue weighted by molar-refractivity contribution is -0.143. The average Bonchev–Trinajstić information content (AvgIpc) is 3.32. The van der Waals surface area contributed by atoms with Crippen LogP contribution in [0, 0.1) is 6.92 Å². The van der Waals surface area contributed by atoms with Crippen LogP contribution in [0.2, 0.25) is 0 Å². The van der Waals surface area contributed by atoms with E-state index in [1.807, 2.05) is 19.2 Å². The first-order chi connectivity index (χ1) is 15.2. The van der Waals surface area contributed by atoms with E-state index in [1.54, 1.807) is 36.2 Å². The number of benzene rings is 1. The number of imide groups is 1. The molecule has 8 nitrogen and oxygen atoms in total. The second-order valence-corrected chi connectivity index (χ2v) is 8.88. The quantitative estimate of drug-likeness (QED) is 0.536. The van der Waals surface area contributed by atoms with E-state index in [-0.39, 0.29) is 43.8 Å². The topological polar surface area (TPSA) is 89.0 Å². The van der Waals surface area contributed by atoms with Crippen molar-refractivity contribution >= 4 is 29.1 Å². The minimum atomic E-state index is -1.33. The molecule has 1 aliphatic rings. The maximum Gasteiger partial charge on any atom is 0.241 e. The summed E-state index contributed by atoms with van der Waals surface area (Å²) in [7, 11) is 4.72. The zero-order valence-electron chi connectivity index (χ0n) is 19.1. The smallest absolute Gasteiger partial charge is 0.241 e. The number of aromatic nitrogens is 1. The maximum atomic E-state index is 13.6. The highest BCUT2D eigenvalue weighted by Gasteiger charge is 2.55. The molecule has 1 aliphatic heterocycles. The standard InChI is InChI=1S/C23H29N3O5S/c1-15-14-32-21(24-15)16(2)25(3)19(27)12-23(17-8-6-7-9-18(17)31-5)13-20(28)26(22(23)29)10-11-30-4/h6-9,14,16H,10-13H2,1-5H3/t16-,23+/m0/s1. The van der Waals surface area contributed by atoms with E-state index < -0.39 is 11.3 Å². The molecule has 2 aromatic rings. The fraction of sp³-hybridized carbons (Fsp3) is 0.478. The first-order valence-corrected chi connectivity index (χ1v) is 11.3. The molecule has 0 N–H and O–H groups in total. The van der Waals surface area contributed by atoms with Gasteiger partial charge in [0.25, 0.3) is 0 Å². The molecule has 0 saturated carbocycles. The van der Waals surface area contributed by atoms with Crippen LogP contribution in [0.3, 0.4) is 0 Å². The number of thiazole rings is 1. The molecule has 3 rings (SSSR count). The van der Waals surface area contributed by atoms with Gasteiger partial charge < -0.3 is 14.4 Å². The van der Waals surface area contributed by atoms with Gasteiger partial charge in [0, 0.05) is 43.6 Å². The molecule has 172 valence electrons. The third-order valence-corrected chi connectivity index (χ3v) is 7.10. The Balaban J connectivity index is 1.97. The molecule has 0 radical (unpaired) electrons. The molecule has 1 aromatic heterocycles. The van der Waals surface area contributed by atoms with Gasteiger partial charge in [-0.2, -0.15) is 0 Å². The number of likely N-dealkylation sites (tertiary alicyclic amines) is 1. The highest BCUT2D eigenvalue weighted by molar-refractivity contribution is 7.09. The number of nitrogens with zero attached hydrogens (tertiary/aromatic N) is 3. The fourth-order valence-electron chi connectivity index (χ4n) is 4.02. The first kappa shape index (κ1) is 23.9. The number of hydrogen-bond acceptors (Lipinski definition) is 7. The number of para-hydroxylation sites is 1. The van der Waals surface area contributed by atoms with Crippen LogP contribution in [-0.2, 0) is 24.5 Å². The molecule has 9 heteroatoms. The number of amides is 3. The number of hydrogen-bond donors (Lipinski definition) is 0. The summed E-state index contributed by atoms with van der Waals surface area (Å²) >= 11 is 1.49. The van der Waals surface area contributed by atoms with E-state index in [4.69, 9.17) is 9.47 Å². The van der Waals surface area contributed by atoms with Gasteiger partial charge in [0.15, 0.2) is 0 Å². The summed E-state index contributed by atoms with van der Waals surface area (Å²) in [5.41, 5.74) is 0.107. The van der Waals surface area contributed by atoms with Crippen molar-refractivity contribution in [1.82, 2.24) is 14.8 Å². The van der Waals surface area contributed by atoms with Gasteiger partial charge in [-0.25, -0.2) is 4.98 Å². The summed E-state index contributed by atoms with van der Waals surface area (Å²) < 4.78 is 10.6. The summed E-state index contributed by atoms with van der Waals surface area (Å²) in [6, 6.07) is 6.81. The predicted molar refractivity (Wildman–Crippen MR) is 121 cm³/mol. The molecule has 2 atom stereocenters. The Bertz CT molecular complexity index is 1010. The third kappa shape index (κ3) is 4.40. The minimum absolute atomic E-state index is 0.0970. The molecule has 0 spiro atoms. The van der Waals surface area contributed by atoms with Gasteiger partial charge in [0.05, 0.1) is 31.7 Å². The van der Waals surface area contributed by atoms with E-state index in [0.29, 0.717) is 11.3 Å². The minimum Gasteiger partial charge on any atom is -0.496 e. The maximum absolute atomic E-state index is 13.6. The first-order valence-electron chi connectivity index (χ1n) is 10.4. The van der Waals surface area contributed by atoms with Crippen molar-refractivity contribution in [2.75, 3.05) is 34.4 Å². The number of rotatable bonds is 9. The van der Waals surface area contributed by atoms with Gasteiger partial charge in [0.2, 0.25) is 17.7 Å². The van der Waals surface area contributed by atoms with Crippen molar-refractivity contribution in [3.8, 4) is 5.75 Å². The summed E-state index contributed by atoms with van der Waals surface area (Å²) in [4.78, 5) is 47.2. The van der Waals surface area contributed by atoms with E-state index in [2.05, 4.69) is 4.98 Å². The summed E-state index contributed by atoms with van der Waals surface area (Å²) in [6.45, 7) is 4.18. The van der Waals surface area contributed by atoms with Crippen molar-refractivity contribution in [1.29, 1.82) is 0 Å². The number of carbonyl (C=O) groups excluding carboxylic acids is 3. The van der Waals surface area contributed by atoms with E-state index in [1.165, 1.54) is 30.5 Å². The number of methoxy groups -OCH3 is 2. The average molecular weight is 460 g/mol. The molecule has 1 aromatic carbocycles. The Morgan fingerprint density at radius 1 is 1.31 bits per heavy atom. The molecule has 2 heterocycles. The largest absolute Gasteiger partial charge is 0.496 e. The lowest BCUT2D eigenvalue weighted by atomic mass is 9.75. The molecule has 0 unspecified atom stereocenters.